The summed E-state index contributed by atoms with van der Waals surface area (Å²) in [7, 11) is 0. The van der Waals surface area contributed by atoms with E-state index in [9.17, 15) is 4.79 Å². The van der Waals surface area contributed by atoms with Gasteiger partial charge < -0.3 is 18.8 Å². The van der Waals surface area contributed by atoms with Gasteiger partial charge in [0, 0.05) is 31.3 Å². The molecule has 2 aliphatic rings. The van der Waals surface area contributed by atoms with E-state index in [2.05, 4.69) is 4.98 Å². The maximum Gasteiger partial charge on any atom is 0.289 e. The van der Waals surface area contributed by atoms with Crippen molar-refractivity contribution in [3.63, 3.8) is 0 Å². The van der Waals surface area contributed by atoms with Gasteiger partial charge in [0.15, 0.2) is 5.76 Å². The molecule has 1 amide bonds. The van der Waals surface area contributed by atoms with Gasteiger partial charge in [-0.1, -0.05) is 0 Å². The Hall–Kier alpha value is -2.34. The topological polar surface area (TPSA) is 64.8 Å². The maximum absolute atomic E-state index is 12.7. The van der Waals surface area contributed by atoms with Crippen LogP contribution in [0.3, 0.4) is 0 Å². The zero-order valence-electron chi connectivity index (χ0n) is 14.1. The number of aromatic nitrogens is 1. The highest BCUT2D eigenvalue weighted by atomic mass is 16.5. The lowest BCUT2D eigenvalue weighted by molar-refractivity contribution is -0.133. The summed E-state index contributed by atoms with van der Waals surface area (Å²) in [5.74, 6) is 1.07. The monoisotopic (exact) mass is 342 g/mol. The van der Waals surface area contributed by atoms with Crippen LogP contribution >= 0.6 is 0 Å². The van der Waals surface area contributed by atoms with Crippen LogP contribution in [0.2, 0.25) is 0 Å². The van der Waals surface area contributed by atoms with Gasteiger partial charge in [0.1, 0.15) is 5.75 Å². The minimum atomic E-state index is -0.186. The lowest BCUT2D eigenvalue weighted by Crippen LogP contribution is -2.58. The molecule has 0 N–H and O–H groups in total. The molecule has 4 rings (SSSR count). The van der Waals surface area contributed by atoms with Crippen LogP contribution < -0.4 is 4.74 Å². The lowest BCUT2D eigenvalue weighted by atomic mass is 9.73. The van der Waals surface area contributed by atoms with E-state index in [1.165, 1.54) is 6.26 Å². The van der Waals surface area contributed by atoms with Gasteiger partial charge in [-0.2, -0.15) is 0 Å². The second-order valence-corrected chi connectivity index (χ2v) is 6.80. The van der Waals surface area contributed by atoms with Gasteiger partial charge in [0.05, 0.1) is 25.2 Å². The van der Waals surface area contributed by atoms with Crippen LogP contribution in [0, 0.1) is 5.41 Å². The number of likely N-dealkylation sites (tertiary alicyclic amines) is 1. The van der Waals surface area contributed by atoms with Crippen LogP contribution in [0.5, 0.6) is 5.75 Å². The van der Waals surface area contributed by atoms with Gasteiger partial charge in [-0.25, -0.2) is 0 Å². The number of rotatable bonds is 4. The number of ether oxygens (including phenoxy) is 2. The van der Waals surface area contributed by atoms with Crippen LogP contribution in [0.25, 0.3) is 0 Å². The molecular formula is C19H22N2O4. The van der Waals surface area contributed by atoms with Gasteiger partial charge in [0.2, 0.25) is 0 Å². The molecular weight excluding hydrogens is 320 g/mol. The van der Waals surface area contributed by atoms with E-state index in [0.717, 1.165) is 31.6 Å². The van der Waals surface area contributed by atoms with Crippen molar-refractivity contribution in [1.82, 2.24) is 9.88 Å². The Balaban J connectivity index is 1.51. The quantitative estimate of drug-likeness (QED) is 0.855. The number of hydrogen-bond acceptors (Lipinski definition) is 5. The van der Waals surface area contributed by atoms with E-state index in [-0.39, 0.29) is 17.4 Å². The van der Waals surface area contributed by atoms with Crippen molar-refractivity contribution in [2.75, 3.05) is 26.3 Å². The number of carbonyl (C=O) groups excluding carboxylic acids is 1. The fourth-order valence-electron chi connectivity index (χ4n) is 3.89. The number of carbonyl (C=O) groups is 1. The maximum atomic E-state index is 12.7. The van der Waals surface area contributed by atoms with E-state index in [4.69, 9.17) is 13.9 Å². The van der Waals surface area contributed by atoms with Crippen molar-refractivity contribution in [1.29, 1.82) is 0 Å². The van der Waals surface area contributed by atoms with Crippen LogP contribution in [0.15, 0.2) is 47.3 Å². The van der Waals surface area contributed by atoms with Crippen LogP contribution in [-0.4, -0.2) is 48.2 Å². The SMILES string of the molecule is O=C(c1ccco1)N1CC[C@@H]2OCCC[C@@]2(COc2cccnc2)C1. The number of nitrogens with zero attached hydrogens (tertiary/aromatic N) is 2. The van der Waals surface area contributed by atoms with Gasteiger partial charge in [-0.05, 0) is 43.5 Å². The molecule has 0 spiro atoms. The molecule has 0 aliphatic carbocycles. The molecule has 2 aliphatic heterocycles. The molecule has 25 heavy (non-hydrogen) atoms. The van der Waals surface area contributed by atoms with Crippen molar-refractivity contribution in [2.45, 2.75) is 25.4 Å². The predicted octanol–water partition coefficient (Wildman–Crippen LogP) is 2.76. The minimum Gasteiger partial charge on any atom is -0.491 e. The van der Waals surface area contributed by atoms with Crippen LogP contribution in [0.1, 0.15) is 29.8 Å². The molecule has 0 bridgehead atoms. The molecule has 6 heteroatoms. The van der Waals surface area contributed by atoms with Gasteiger partial charge in [-0.3, -0.25) is 9.78 Å². The Bertz CT molecular complexity index is 703. The number of piperidine rings is 1. The molecule has 0 unspecified atom stereocenters. The smallest absolute Gasteiger partial charge is 0.289 e. The van der Waals surface area contributed by atoms with Crippen LogP contribution in [0.4, 0.5) is 0 Å². The number of pyridine rings is 1. The highest BCUT2D eigenvalue weighted by molar-refractivity contribution is 5.91. The summed E-state index contributed by atoms with van der Waals surface area (Å²) in [6.07, 6.45) is 7.88. The van der Waals surface area contributed by atoms with Crippen molar-refractivity contribution in [3.05, 3.63) is 48.7 Å². The molecule has 4 heterocycles. The average Bonchev–Trinajstić information content (AvgIpc) is 3.21. The standard InChI is InChI=1S/C19H22N2O4/c22-18(16-5-2-10-23-16)21-9-6-17-19(13-21,7-3-11-24-17)14-25-15-4-1-8-20-12-15/h1-2,4-5,8,10,12,17H,3,6-7,9,11,13-14H2/t17-,19-/m0/s1. The summed E-state index contributed by atoms with van der Waals surface area (Å²) in [5.41, 5.74) is -0.186. The predicted molar refractivity (Wildman–Crippen MR) is 90.4 cm³/mol. The molecule has 2 saturated heterocycles. The molecule has 0 saturated carbocycles. The fraction of sp³-hybridized carbons (Fsp3) is 0.474. The summed E-state index contributed by atoms with van der Waals surface area (Å²) in [6, 6.07) is 7.21. The Morgan fingerprint density at radius 2 is 2.36 bits per heavy atom. The van der Waals surface area contributed by atoms with E-state index in [1.54, 1.807) is 24.5 Å². The third-order valence-electron chi connectivity index (χ3n) is 5.17. The molecule has 0 aromatic carbocycles. The Labute approximate surface area is 146 Å². The van der Waals surface area contributed by atoms with Gasteiger partial charge in [-0.15, -0.1) is 0 Å². The first kappa shape index (κ1) is 16.1. The number of furan rings is 1. The average molecular weight is 342 g/mol. The summed E-state index contributed by atoms with van der Waals surface area (Å²) in [6.45, 7) is 2.60. The summed E-state index contributed by atoms with van der Waals surface area (Å²) in [5, 5.41) is 0. The second kappa shape index (κ2) is 6.88. The highest BCUT2D eigenvalue weighted by Gasteiger charge is 2.48. The van der Waals surface area contributed by atoms with E-state index in [1.807, 2.05) is 17.0 Å². The van der Waals surface area contributed by atoms with Crippen molar-refractivity contribution >= 4 is 5.91 Å². The first-order valence-corrected chi connectivity index (χ1v) is 8.74. The summed E-state index contributed by atoms with van der Waals surface area (Å²) < 4.78 is 17.3. The first-order chi connectivity index (χ1) is 12.3. The Kier molecular flexibility index (Phi) is 4.44. The zero-order chi connectivity index (χ0) is 17.1. The minimum absolute atomic E-state index is 0.0604. The van der Waals surface area contributed by atoms with Crippen molar-refractivity contribution in [2.24, 2.45) is 5.41 Å². The highest BCUT2D eigenvalue weighted by Crippen LogP contribution is 2.41. The van der Waals surface area contributed by atoms with E-state index < -0.39 is 0 Å². The van der Waals surface area contributed by atoms with Crippen molar-refractivity contribution in [3.8, 4) is 5.75 Å². The van der Waals surface area contributed by atoms with E-state index in [0.29, 0.717) is 25.5 Å². The van der Waals surface area contributed by atoms with Gasteiger partial charge >= 0.3 is 0 Å². The number of fused-ring (bicyclic) bond motifs is 1. The summed E-state index contributed by atoms with van der Waals surface area (Å²) in [4.78, 5) is 18.7. The zero-order valence-corrected chi connectivity index (χ0v) is 14.1. The molecule has 2 atom stereocenters. The Morgan fingerprint density at radius 3 is 3.16 bits per heavy atom. The van der Waals surface area contributed by atoms with Crippen LogP contribution in [-0.2, 0) is 4.74 Å². The molecule has 2 aromatic heterocycles. The molecule has 6 nitrogen and oxygen atoms in total. The normalized spacial score (nSPS) is 26.1. The molecule has 2 fully saturated rings. The molecule has 2 aromatic rings. The molecule has 132 valence electrons. The number of amides is 1. The third kappa shape index (κ3) is 3.26. The fourth-order valence-corrected chi connectivity index (χ4v) is 3.89. The lowest BCUT2D eigenvalue weighted by Gasteiger charge is -2.49. The third-order valence-corrected chi connectivity index (χ3v) is 5.17. The largest absolute Gasteiger partial charge is 0.491 e. The van der Waals surface area contributed by atoms with E-state index >= 15 is 0 Å². The second-order valence-electron chi connectivity index (χ2n) is 6.80. The van der Waals surface area contributed by atoms with Gasteiger partial charge in [0.25, 0.3) is 5.91 Å². The molecule has 0 radical (unpaired) electrons. The summed E-state index contributed by atoms with van der Waals surface area (Å²) >= 11 is 0. The number of hydrogen-bond donors (Lipinski definition) is 0. The first-order valence-electron chi connectivity index (χ1n) is 8.74. The van der Waals surface area contributed by atoms with Crippen molar-refractivity contribution < 1.29 is 18.7 Å². The Morgan fingerprint density at radius 1 is 1.40 bits per heavy atom.